The predicted octanol–water partition coefficient (Wildman–Crippen LogP) is 0.825. The molecule has 1 heterocycles. The molecule has 0 radical (unpaired) electrons. The van der Waals surface area contributed by atoms with Crippen LogP contribution in [0.2, 0.25) is 0 Å². The number of aliphatic hydroxyl groups excluding tert-OH is 1. The first kappa shape index (κ1) is 10.2. The number of hydrogen-bond acceptors (Lipinski definition) is 3. The van der Waals surface area contributed by atoms with E-state index in [0.29, 0.717) is 6.54 Å². The summed E-state index contributed by atoms with van der Waals surface area (Å²) in [7, 11) is 0. The van der Waals surface area contributed by atoms with E-state index in [0.717, 1.165) is 18.5 Å². The van der Waals surface area contributed by atoms with Gasteiger partial charge < -0.3 is 15.5 Å². The van der Waals surface area contributed by atoms with Crippen LogP contribution in [0.4, 0.5) is 0 Å². The van der Waals surface area contributed by atoms with Crippen molar-refractivity contribution in [1.82, 2.24) is 5.32 Å². The Morgan fingerprint density at radius 2 is 2.00 bits per heavy atom. The Hall–Kier alpha value is -1.32. The van der Waals surface area contributed by atoms with Crippen LogP contribution in [0, 0.1) is 0 Å². The SMILES string of the molecule is Oc1ccc(CC2=CC(O)CNC2)cc1. The zero-order valence-electron chi connectivity index (χ0n) is 8.48. The molecular formula is C12H15NO2. The van der Waals surface area contributed by atoms with E-state index < -0.39 is 0 Å². The molecular weight excluding hydrogens is 190 g/mol. The van der Waals surface area contributed by atoms with Crippen LogP contribution in [0.3, 0.4) is 0 Å². The Morgan fingerprint density at radius 1 is 1.27 bits per heavy atom. The van der Waals surface area contributed by atoms with Crippen molar-refractivity contribution >= 4 is 0 Å². The van der Waals surface area contributed by atoms with Gasteiger partial charge in [-0.15, -0.1) is 0 Å². The summed E-state index contributed by atoms with van der Waals surface area (Å²) in [5, 5.41) is 21.7. The molecule has 0 fully saturated rings. The van der Waals surface area contributed by atoms with Crippen LogP contribution in [0.25, 0.3) is 0 Å². The van der Waals surface area contributed by atoms with Crippen LogP contribution < -0.4 is 5.32 Å². The second-order valence-electron chi connectivity index (χ2n) is 3.87. The van der Waals surface area contributed by atoms with Crippen molar-refractivity contribution in [1.29, 1.82) is 0 Å². The van der Waals surface area contributed by atoms with Gasteiger partial charge in [-0.1, -0.05) is 23.8 Å². The van der Waals surface area contributed by atoms with Crippen molar-refractivity contribution in [3.8, 4) is 5.75 Å². The van der Waals surface area contributed by atoms with Gasteiger partial charge in [-0.25, -0.2) is 0 Å². The predicted molar refractivity (Wildman–Crippen MR) is 58.8 cm³/mol. The summed E-state index contributed by atoms with van der Waals surface area (Å²) in [6.45, 7) is 1.47. The van der Waals surface area contributed by atoms with Gasteiger partial charge in [-0.2, -0.15) is 0 Å². The molecule has 1 aromatic carbocycles. The van der Waals surface area contributed by atoms with Crippen LogP contribution in [-0.2, 0) is 6.42 Å². The first-order valence-corrected chi connectivity index (χ1v) is 5.10. The zero-order valence-corrected chi connectivity index (χ0v) is 8.48. The number of β-amino-alcohol motifs (C(OH)–C–C–N with tert-alkyl or cyclic N) is 1. The van der Waals surface area contributed by atoms with Gasteiger partial charge in [-0.05, 0) is 24.1 Å². The fourth-order valence-corrected chi connectivity index (χ4v) is 1.77. The molecule has 3 heteroatoms. The van der Waals surface area contributed by atoms with Crippen molar-refractivity contribution < 1.29 is 10.2 Å². The summed E-state index contributed by atoms with van der Waals surface area (Å²) in [6.07, 6.45) is 2.36. The first-order valence-electron chi connectivity index (χ1n) is 5.10. The Bertz CT molecular complexity index is 356. The minimum atomic E-state index is -0.370. The molecule has 0 aliphatic carbocycles. The maximum Gasteiger partial charge on any atom is 0.115 e. The molecule has 3 N–H and O–H groups in total. The Balaban J connectivity index is 2.05. The van der Waals surface area contributed by atoms with E-state index in [1.807, 2.05) is 18.2 Å². The van der Waals surface area contributed by atoms with Gasteiger partial charge in [0.25, 0.3) is 0 Å². The second-order valence-corrected chi connectivity index (χ2v) is 3.87. The molecule has 80 valence electrons. The first-order chi connectivity index (χ1) is 7.24. The molecule has 0 saturated heterocycles. The third-order valence-corrected chi connectivity index (χ3v) is 2.50. The van der Waals surface area contributed by atoms with E-state index in [-0.39, 0.29) is 11.9 Å². The lowest BCUT2D eigenvalue weighted by Gasteiger charge is -2.18. The Kier molecular flexibility index (Phi) is 3.04. The molecule has 0 bridgehead atoms. The topological polar surface area (TPSA) is 52.5 Å². The normalized spacial score (nSPS) is 21.1. The van der Waals surface area contributed by atoms with Crippen molar-refractivity contribution in [3.63, 3.8) is 0 Å². The van der Waals surface area contributed by atoms with E-state index in [2.05, 4.69) is 5.32 Å². The maximum atomic E-state index is 9.42. The van der Waals surface area contributed by atoms with Gasteiger partial charge in [0.2, 0.25) is 0 Å². The average Bonchev–Trinajstić information content (AvgIpc) is 2.22. The van der Waals surface area contributed by atoms with Crippen molar-refractivity contribution in [3.05, 3.63) is 41.5 Å². The van der Waals surface area contributed by atoms with E-state index in [1.165, 1.54) is 5.57 Å². The molecule has 1 aromatic rings. The van der Waals surface area contributed by atoms with E-state index in [4.69, 9.17) is 5.11 Å². The van der Waals surface area contributed by atoms with Crippen LogP contribution in [0.1, 0.15) is 5.56 Å². The minimum Gasteiger partial charge on any atom is -0.508 e. The lowest BCUT2D eigenvalue weighted by atomic mass is 10.0. The average molecular weight is 205 g/mol. The quantitative estimate of drug-likeness (QED) is 0.627. The van der Waals surface area contributed by atoms with Crippen LogP contribution in [-0.4, -0.2) is 29.4 Å². The molecule has 1 unspecified atom stereocenters. The molecule has 3 nitrogen and oxygen atoms in total. The highest BCUT2D eigenvalue weighted by Crippen LogP contribution is 2.14. The number of benzene rings is 1. The molecule has 1 atom stereocenters. The Labute approximate surface area is 89.1 Å². The highest BCUT2D eigenvalue weighted by atomic mass is 16.3. The van der Waals surface area contributed by atoms with Crippen LogP contribution in [0.5, 0.6) is 5.75 Å². The molecule has 0 amide bonds. The van der Waals surface area contributed by atoms with Gasteiger partial charge in [-0.3, -0.25) is 0 Å². The largest absolute Gasteiger partial charge is 0.508 e. The molecule has 1 aliphatic heterocycles. The highest BCUT2D eigenvalue weighted by molar-refractivity contribution is 5.30. The van der Waals surface area contributed by atoms with E-state index in [1.54, 1.807) is 12.1 Å². The number of nitrogens with one attached hydrogen (secondary N) is 1. The van der Waals surface area contributed by atoms with Gasteiger partial charge in [0.15, 0.2) is 0 Å². The van der Waals surface area contributed by atoms with Crippen LogP contribution in [0.15, 0.2) is 35.9 Å². The smallest absolute Gasteiger partial charge is 0.115 e. The number of phenols is 1. The number of hydrogen-bond donors (Lipinski definition) is 3. The number of aromatic hydroxyl groups is 1. The lowest BCUT2D eigenvalue weighted by molar-refractivity contribution is 0.213. The fraction of sp³-hybridized carbons (Fsp3) is 0.333. The molecule has 0 saturated carbocycles. The van der Waals surface area contributed by atoms with Gasteiger partial charge in [0, 0.05) is 13.1 Å². The summed E-state index contributed by atoms with van der Waals surface area (Å²) in [4.78, 5) is 0. The van der Waals surface area contributed by atoms with Gasteiger partial charge in [0.1, 0.15) is 5.75 Å². The van der Waals surface area contributed by atoms with Crippen molar-refractivity contribution in [2.75, 3.05) is 13.1 Å². The fourth-order valence-electron chi connectivity index (χ4n) is 1.77. The van der Waals surface area contributed by atoms with Gasteiger partial charge in [0.05, 0.1) is 6.10 Å². The molecule has 0 spiro atoms. The van der Waals surface area contributed by atoms with E-state index >= 15 is 0 Å². The molecule has 1 aliphatic rings. The standard InChI is InChI=1S/C12H15NO2/c14-11-3-1-9(2-4-11)5-10-6-12(15)8-13-7-10/h1-4,6,12-15H,5,7-8H2. The molecule has 0 aromatic heterocycles. The summed E-state index contributed by atoms with van der Waals surface area (Å²) >= 11 is 0. The monoisotopic (exact) mass is 205 g/mol. The summed E-state index contributed by atoms with van der Waals surface area (Å²) in [5.74, 6) is 0.287. The van der Waals surface area contributed by atoms with Gasteiger partial charge >= 0.3 is 0 Å². The van der Waals surface area contributed by atoms with Crippen LogP contribution >= 0.6 is 0 Å². The van der Waals surface area contributed by atoms with E-state index in [9.17, 15) is 5.11 Å². The molecule has 15 heavy (non-hydrogen) atoms. The number of rotatable bonds is 2. The number of aliphatic hydroxyl groups is 1. The van der Waals surface area contributed by atoms with Crippen molar-refractivity contribution in [2.24, 2.45) is 0 Å². The summed E-state index contributed by atoms with van der Waals surface area (Å²) in [5.41, 5.74) is 2.34. The third kappa shape index (κ3) is 2.81. The Morgan fingerprint density at radius 3 is 2.67 bits per heavy atom. The summed E-state index contributed by atoms with van der Waals surface area (Å²) in [6, 6.07) is 7.17. The zero-order chi connectivity index (χ0) is 10.7. The number of phenolic OH excluding ortho intramolecular Hbond substituents is 1. The third-order valence-electron chi connectivity index (χ3n) is 2.50. The lowest BCUT2D eigenvalue weighted by Crippen LogP contribution is -2.32. The second kappa shape index (κ2) is 4.47. The maximum absolute atomic E-state index is 9.42. The van der Waals surface area contributed by atoms with Crippen molar-refractivity contribution in [2.45, 2.75) is 12.5 Å². The molecule has 2 rings (SSSR count). The highest BCUT2D eigenvalue weighted by Gasteiger charge is 2.10. The minimum absolute atomic E-state index is 0.287. The summed E-state index contributed by atoms with van der Waals surface area (Å²) < 4.78 is 0.